The van der Waals surface area contributed by atoms with Crippen molar-refractivity contribution >= 4 is 5.97 Å². The number of methoxy groups -OCH3 is 1. The highest BCUT2D eigenvalue weighted by molar-refractivity contribution is 5.70. The zero-order valence-corrected chi connectivity index (χ0v) is 8.99. The van der Waals surface area contributed by atoms with Gasteiger partial charge in [0, 0.05) is 7.11 Å². The summed E-state index contributed by atoms with van der Waals surface area (Å²) in [6, 6.07) is 5.29. The number of carboxylic acids is 1. The summed E-state index contributed by atoms with van der Waals surface area (Å²) in [6.07, 6.45) is -6.87. The predicted molar refractivity (Wildman–Crippen MR) is 53.6 cm³/mol. The molecule has 94 valence electrons. The maximum Gasteiger partial charge on any atom is 0.418 e. The zero-order chi connectivity index (χ0) is 13.1. The fourth-order valence-corrected chi connectivity index (χ4v) is 1.50. The summed E-state index contributed by atoms with van der Waals surface area (Å²) in [7, 11) is 0.960. The van der Waals surface area contributed by atoms with Crippen molar-refractivity contribution in [1.82, 2.24) is 0 Å². The summed E-state index contributed by atoms with van der Waals surface area (Å²) in [5.74, 6) is -1.09. The fourth-order valence-electron chi connectivity index (χ4n) is 1.50. The summed E-state index contributed by atoms with van der Waals surface area (Å²) in [6.45, 7) is 0. The minimum Gasteiger partial charge on any atom is -0.481 e. The van der Waals surface area contributed by atoms with Gasteiger partial charge in [0.2, 0.25) is 0 Å². The third-order valence-electron chi connectivity index (χ3n) is 2.14. The molecule has 0 radical (unpaired) electrons. The van der Waals surface area contributed by atoms with Gasteiger partial charge in [-0.05, 0) is 11.1 Å². The van der Waals surface area contributed by atoms with Crippen LogP contribution in [0.1, 0.15) is 17.2 Å². The molecule has 0 heterocycles. The van der Waals surface area contributed by atoms with Gasteiger partial charge in [-0.15, -0.1) is 0 Å². The number of benzene rings is 1. The first-order valence-corrected chi connectivity index (χ1v) is 4.74. The van der Waals surface area contributed by atoms with Crippen molar-refractivity contribution in [2.75, 3.05) is 7.11 Å². The molecule has 0 fully saturated rings. The summed E-state index contributed by atoms with van der Waals surface area (Å²) in [5, 5.41) is 8.56. The van der Waals surface area contributed by atoms with Crippen LogP contribution in [-0.2, 0) is 16.0 Å². The molecule has 0 aliphatic heterocycles. The second kappa shape index (κ2) is 5.18. The van der Waals surface area contributed by atoms with E-state index in [1.807, 2.05) is 0 Å². The van der Waals surface area contributed by atoms with Gasteiger partial charge in [-0.25, -0.2) is 0 Å². The van der Waals surface area contributed by atoms with Crippen LogP contribution in [0.3, 0.4) is 0 Å². The van der Waals surface area contributed by atoms with E-state index < -0.39 is 18.2 Å². The second-order valence-electron chi connectivity index (χ2n) is 3.47. The second-order valence-corrected chi connectivity index (χ2v) is 3.47. The molecule has 0 aliphatic carbocycles. The number of aliphatic carboxylic acids is 1. The SMILES string of the molecule is COC(c1cccc(CC(=O)O)c1)C(F)(F)F. The average Bonchev–Trinajstić information content (AvgIpc) is 2.15. The van der Waals surface area contributed by atoms with E-state index in [-0.39, 0.29) is 12.0 Å². The van der Waals surface area contributed by atoms with Crippen LogP contribution in [0, 0.1) is 0 Å². The molecular weight excluding hydrogens is 237 g/mol. The predicted octanol–water partition coefficient (Wildman–Crippen LogP) is 2.56. The van der Waals surface area contributed by atoms with Crippen LogP contribution in [0.25, 0.3) is 0 Å². The Hall–Kier alpha value is -1.56. The molecule has 1 unspecified atom stereocenters. The van der Waals surface area contributed by atoms with Crippen molar-refractivity contribution < 1.29 is 27.8 Å². The lowest BCUT2D eigenvalue weighted by Crippen LogP contribution is -2.22. The van der Waals surface area contributed by atoms with Gasteiger partial charge >= 0.3 is 12.1 Å². The Bertz CT molecular complexity index is 401. The van der Waals surface area contributed by atoms with E-state index >= 15 is 0 Å². The number of rotatable bonds is 4. The smallest absolute Gasteiger partial charge is 0.418 e. The van der Waals surface area contributed by atoms with Crippen LogP contribution in [-0.4, -0.2) is 24.4 Å². The van der Waals surface area contributed by atoms with E-state index in [0.717, 1.165) is 7.11 Å². The van der Waals surface area contributed by atoms with Crippen LogP contribution in [0.4, 0.5) is 13.2 Å². The molecule has 1 aromatic carbocycles. The van der Waals surface area contributed by atoms with Crippen LogP contribution >= 0.6 is 0 Å². The van der Waals surface area contributed by atoms with Crippen molar-refractivity contribution in [3.05, 3.63) is 35.4 Å². The maximum absolute atomic E-state index is 12.6. The highest BCUT2D eigenvalue weighted by Crippen LogP contribution is 2.35. The molecule has 0 saturated carbocycles. The van der Waals surface area contributed by atoms with Gasteiger partial charge in [-0.1, -0.05) is 24.3 Å². The molecule has 0 amide bonds. The van der Waals surface area contributed by atoms with Crippen molar-refractivity contribution in [3.63, 3.8) is 0 Å². The van der Waals surface area contributed by atoms with E-state index in [1.54, 1.807) is 0 Å². The number of alkyl halides is 3. The minimum atomic E-state index is -4.52. The first kappa shape index (κ1) is 13.5. The molecule has 6 heteroatoms. The van der Waals surface area contributed by atoms with Crippen molar-refractivity contribution in [2.45, 2.75) is 18.7 Å². The average molecular weight is 248 g/mol. The number of ether oxygens (including phenoxy) is 1. The Morgan fingerprint density at radius 3 is 2.59 bits per heavy atom. The lowest BCUT2D eigenvalue weighted by molar-refractivity contribution is -0.215. The van der Waals surface area contributed by atoms with Gasteiger partial charge in [0.05, 0.1) is 6.42 Å². The zero-order valence-electron chi connectivity index (χ0n) is 8.99. The minimum absolute atomic E-state index is 0.0984. The first-order valence-electron chi connectivity index (χ1n) is 4.74. The number of hydrogen-bond donors (Lipinski definition) is 1. The topological polar surface area (TPSA) is 46.5 Å². The lowest BCUT2D eigenvalue weighted by atomic mass is 10.0. The number of carbonyl (C=O) groups is 1. The molecule has 1 rings (SSSR count). The van der Waals surface area contributed by atoms with E-state index in [2.05, 4.69) is 4.74 Å². The number of halogens is 3. The van der Waals surface area contributed by atoms with Crippen molar-refractivity contribution in [1.29, 1.82) is 0 Å². The fraction of sp³-hybridized carbons (Fsp3) is 0.364. The Morgan fingerprint density at radius 2 is 2.12 bits per heavy atom. The molecule has 1 aromatic rings. The van der Waals surface area contributed by atoms with Crippen molar-refractivity contribution in [2.24, 2.45) is 0 Å². The Kier molecular flexibility index (Phi) is 4.11. The van der Waals surface area contributed by atoms with Gasteiger partial charge in [0.1, 0.15) is 0 Å². The third-order valence-corrected chi connectivity index (χ3v) is 2.14. The highest BCUT2D eigenvalue weighted by Gasteiger charge is 2.41. The summed E-state index contributed by atoms with van der Waals surface area (Å²) in [4.78, 5) is 10.5. The molecule has 0 bridgehead atoms. The van der Waals surface area contributed by atoms with Gasteiger partial charge in [-0.3, -0.25) is 4.79 Å². The van der Waals surface area contributed by atoms with Gasteiger partial charge in [0.25, 0.3) is 0 Å². The molecule has 0 aliphatic rings. The Labute approximate surface area is 95.8 Å². The summed E-state index contributed by atoms with van der Waals surface area (Å²) >= 11 is 0. The van der Waals surface area contributed by atoms with E-state index in [9.17, 15) is 18.0 Å². The van der Waals surface area contributed by atoms with Crippen LogP contribution in [0.2, 0.25) is 0 Å². The first-order chi connectivity index (χ1) is 7.84. The van der Waals surface area contributed by atoms with E-state index in [0.29, 0.717) is 5.56 Å². The van der Waals surface area contributed by atoms with Gasteiger partial charge in [-0.2, -0.15) is 13.2 Å². The number of hydrogen-bond acceptors (Lipinski definition) is 2. The van der Waals surface area contributed by atoms with E-state index in [4.69, 9.17) is 5.11 Å². The summed E-state index contributed by atoms with van der Waals surface area (Å²) < 4.78 is 42.1. The van der Waals surface area contributed by atoms with Crippen LogP contribution < -0.4 is 0 Å². The highest BCUT2D eigenvalue weighted by atomic mass is 19.4. The van der Waals surface area contributed by atoms with Crippen LogP contribution in [0.5, 0.6) is 0 Å². The van der Waals surface area contributed by atoms with Gasteiger partial charge in [0.15, 0.2) is 6.10 Å². The normalized spacial score (nSPS) is 13.4. The Balaban J connectivity index is 3.01. The monoisotopic (exact) mass is 248 g/mol. The molecule has 1 atom stereocenters. The molecule has 0 aromatic heterocycles. The quantitative estimate of drug-likeness (QED) is 0.890. The molecular formula is C11H11F3O3. The van der Waals surface area contributed by atoms with Crippen LogP contribution in [0.15, 0.2) is 24.3 Å². The van der Waals surface area contributed by atoms with Gasteiger partial charge < -0.3 is 9.84 Å². The largest absolute Gasteiger partial charge is 0.481 e. The molecule has 0 spiro atoms. The standard InChI is InChI=1S/C11H11F3O3/c1-17-10(11(12,13)14)8-4-2-3-7(5-8)6-9(15)16/h2-5,10H,6H2,1H3,(H,15,16). The lowest BCUT2D eigenvalue weighted by Gasteiger charge is -2.19. The summed E-state index contributed by atoms with van der Waals surface area (Å²) in [5.41, 5.74) is 0.208. The molecule has 17 heavy (non-hydrogen) atoms. The third kappa shape index (κ3) is 3.74. The molecule has 1 N–H and O–H groups in total. The van der Waals surface area contributed by atoms with E-state index in [1.165, 1.54) is 24.3 Å². The maximum atomic E-state index is 12.6. The number of carboxylic acid groups (broad SMARTS) is 1. The Morgan fingerprint density at radius 1 is 1.47 bits per heavy atom. The molecule has 3 nitrogen and oxygen atoms in total. The van der Waals surface area contributed by atoms with Crippen molar-refractivity contribution in [3.8, 4) is 0 Å². The molecule has 0 saturated heterocycles.